The van der Waals surface area contributed by atoms with Gasteiger partial charge >= 0.3 is 0 Å². The molecule has 1 aromatic carbocycles. The van der Waals surface area contributed by atoms with Gasteiger partial charge in [0.05, 0.1) is 22.3 Å². The first-order valence-electron chi connectivity index (χ1n) is 8.96. The minimum atomic E-state index is -0.394. The Morgan fingerprint density at radius 1 is 1.23 bits per heavy atom. The highest BCUT2D eigenvalue weighted by atomic mass is 19.1. The van der Waals surface area contributed by atoms with E-state index in [1.165, 1.54) is 12.5 Å². The molecule has 0 spiro atoms. The Balaban J connectivity index is 1.78. The Hall–Kier alpha value is -2.76. The molecule has 0 atom stereocenters. The van der Waals surface area contributed by atoms with Crippen LogP contribution in [0.25, 0.3) is 22.4 Å². The fraction of sp³-hybridized carbons (Fsp3) is 0.350. The molecule has 3 aromatic rings. The number of halogens is 1. The Bertz CT molecular complexity index is 961. The summed E-state index contributed by atoms with van der Waals surface area (Å²) >= 11 is 0. The zero-order chi connectivity index (χ0) is 18.1. The van der Waals surface area contributed by atoms with E-state index in [2.05, 4.69) is 15.5 Å². The van der Waals surface area contributed by atoms with E-state index in [-0.39, 0.29) is 17.7 Å². The van der Waals surface area contributed by atoms with Crippen LogP contribution in [0.1, 0.15) is 48.2 Å². The fourth-order valence-electron chi connectivity index (χ4n) is 3.59. The van der Waals surface area contributed by atoms with Crippen molar-refractivity contribution in [2.75, 3.05) is 0 Å². The van der Waals surface area contributed by atoms with Crippen LogP contribution in [-0.4, -0.2) is 22.1 Å². The lowest BCUT2D eigenvalue weighted by Crippen LogP contribution is -2.36. The Morgan fingerprint density at radius 3 is 2.77 bits per heavy atom. The van der Waals surface area contributed by atoms with Crippen LogP contribution < -0.4 is 5.32 Å². The predicted octanol–water partition coefficient (Wildman–Crippen LogP) is 4.40. The first-order valence-corrected chi connectivity index (χ1v) is 8.96. The molecular weight excluding hydrogens is 333 g/mol. The SMILES string of the molecule is Cc1noc2nc(-c3ccccc3F)cc(C(=O)NC3CCCCC3)c12. The second-order valence-electron chi connectivity index (χ2n) is 6.79. The van der Waals surface area contributed by atoms with E-state index in [4.69, 9.17) is 4.52 Å². The molecule has 1 amide bonds. The van der Waals surface area contributed by atoms with Crippen LogP contribution in [0.2, 0.25) is 0 Å². The van der Waals surface area contributed by atoms with Crippen LogP contribution in [0.3, 0.4) is 0 Å². The molecule has 1 saturated carbocycles. The third kappa shape index (κ3) is 3.07. The highest BCUT2D eigenvalue weighted by molar-refractivity contribution is 6.07. The van der Waals surface area contributed by atoms with Crippen LogP contribution >= 0.6 is 0 Å². The molecule has 1 aliphatic carbocycles. The maximum Gasteiger partial charge on any atom is 0.259 e. The van der Waals surface area contributed by atoms with E-state index in [1.807, 2.05) is 0 Å². The average Bonchev–Trinajstić information content (AvgIpc) is 3.03. The monoisotopic (exact) mass is 353 g/mol. The van der Waals surface area contributed by atoms with E-state index in [9.17, 15) is 9.18 Å². The zero-order valence-corrected chi connectivity index (χ0v) is 14.6. The van der Waals surface area contributed by atoms with Gasteiger partial charge in [-0.25, -0.2) is 9.37 Å². The first-order chi connectivity index (χ1) is 12.6. The van der Waals surface area contributed by atoms with Gasteiger partial charge in [-0.2, -0.15) is 0 Å². The van der Waals surface area contributed by atoms with Crippen LogP contribution in [0.15, 0.2) is 34.9 Å². The minimum absolute atomic E-state index is 0.177. The minimum Gasteiger partial charge on any atom is -0.349 e. The smallest absolute Gasteiger partial charge is 0.259 e. The van der Waals surface area contributed by atoms with Crippen LogP contribution in [0.4, 0.5) is 4.39 Å². The number of nitrogens with zero attached hydrogens (tertiary/aromatic N) is 2. The maximum absolute atomic E-state index is 14.2. The van der Waals surface area contributed by atoms with Crippen molar-refractivity contribution in [2.45, 2.75) is 45.1 Å². The summed E-state index contributed by atoms with van der Waals surface area (Å²) in [5.41, 5.74) is 1.96. The van der Waals surface area contributed by atoms with Crippen molar-refractivity contribution in [3.05, 3.63) is 47.4 Å². The third-order valence-electron chi connectivity index (χ3n) is 4.95. The lowest BCUT2D eigenvalue weighted by atomic mass is 9.95. The van der Waals surface area contributed by atoms with E-state index in [1.54, 1.807) is 31.2 Å². The number of benzene rings is 1. The summed E-state index contributed by atoms with van der Waals surface area (Å²) in [7, 11) is 0. The molecule has 1 N–H and O–H groups in total. The molecule has 0 radical (unpaired) electrons. The predicted molar refractivity (Wildman–Crippen MR) is 96.3 cm³/mol. The number of amides is 1. The molecular formula is C20H20FN3O2. The van der Waals surface area contributed by atoms with Crippen molar-refractivity contribution in [2.24, 2.45) is 0 Å². The van der Waals surface area contributed by atoms with Crippen molar-refractivity contribution in [1.29, 1.82) is 0 Å². The van der Waals surface area contributed by atoms with Gasteiger partial charge in [0, 0.05) is 11.6 Å². The van der Waals surface area contributed by atoms with Crippen LogP contribution in [0.5, 0.6) is 0 Å². The molecule has 1 aliphatic rings. The van der Waals surface area contributed by atoms with Gasteiger partial charge < -0.3 is 9.84 Å². The number of carbonyl (C=O) groups is 1. The largest absolute Gasteiger partial charge is 0.349 e. The molecule has 4 rings (SSSR count). The van der Waals surface area contributed by atoms with Gasteiger partial charge in [-0.3, -0.25) is 4.79 Å². The highest BCUT2D eigenvalue weighted by Gasteiger charge is 2.23. The maximum atomic E-state index is 14.2. The van der Waals surface area contributed by atoms with Crippen molar-refractivity contribution in [1.82, 2.24) is 15.5 Å². The first kappa shape index (κ1) is 16.7. The van der Waals surface area contributed by atoms with Crippen molar-refractivity contribution >= 4 is 17.0 Å². The summed E-state index contributed by atoms with van der Waals surface area (Å²) in [5.74, 6) is -0.581. The van der Waals surface area contributed by atoms with Gasteiger partial charge in [0.1, 0.15) is 5.82 Å². The molecule has 2 aromatic heterocycles. The normalized spacial score (nSPS) is 15.3. The second kappa shape index (κ2) is 6.86. The number of hydrogen-bond donors (Lipinski definition) is 1. The van der Waals surface area contributed by atoms with Crippen molar-refractivity contribution in [3.63, 3.8) is 0 Å². The van der Waals surface area contributed by atoms with E-state index < -0.39 is 5.82 Å². The average molecular weight is 353 g/mol. The van der Waals surface area contributed by atoms with E-state index in [0.29, 0.717) is 27.9 Å². The molecule has 0 bridgehead atoms. The molecule has 5 nitrogen and oxygen atoms in total. The number of pyridine rings is 1. The summed E-state index contributed by atoms with van der Waals surface area (Å²) in [6.07, 6.45) is 5.45. The number of fused-ring (bicyclic) bond motifs is 1. The molecule has 0 saturated heterocycles. The molecule has 134 valence electrons. The number of aromatic nitrogens is 2. The second-order valence-corrected chi connectivity index (χ2v) is 6.79. The molecule has 0 aliphatic heterocycles. The zero-order valence-electron chi connectivity index (χ0n) is 14.6. The van der Waals surface area contributed by atoms with Gasteiger partial charge in [-0.15, -0.1) is 0 Å². The standard InChI is InChI=1S/C20H20FN3O2/c1-12-18-15(19(25)22-13-7-3-2-4-8-13)11-17(23-20(18)26-24-12)14-9-5-6-10-16(14)21/h5-6,9-11,13H,2-4,7-8H2,1H3,(H,22,25). The number of aryl methyl sites for hydroxylation is 1. The Labute approximate surface area is 150 Å². The van der Waals surface area contributed by atoms with Gasteiger partial charge in [0.15, 0.2) is 0 Å². The Morgan fingerprint density at radius 2 is 2.00 bits per heavy atom. The fourth-order valence-corrected chi connectivity index (χ4v) is 3.59. The summed E-state index contributed by atoms with van der Waals surface area (Å²) in [5, 5.41) is 7.62. The summed E-state index contributed by atoms with van der Waals surface area (Å²) in [6, 6.07) is 8.16. The summed E-state index contributed by atoms with van der Waals surface area (Å²) in [6.45, 7) is 1.77. The van der Waals surface area contributed by atoms with Crippen LogP contribution in [-0.2, 0) is 0 Å². The summed E-state index contributed by atoms with van der Waals surface area (Å²) < 4.78 is 19.5. The van der Waals surface area contributed by atoms with Gasteiger partial charge in [-0.05, 0) is 38.0 Å². The molecule has 2 heterocycles. The quantitative estimate of drug-likeness (QED) is 0.758. The summed E-state index contributed by atoms with van der Waals surface area (Å²) in [4.78, 5) is 17.3. The topological polar surface area (TPSA) is 68.0 Å². The third-order valence-corrected chi connectivity index (χ3v) is 4.95. The van der Waals surface area contributed by atoms with E-state index >= 15 is 0 Å². The lowest BCUT2D eigenvalue weighted by molar-refractivity contribution is 0.0929. The van der Waals surface area contributed by atoms with Gasteiger partial charge in [0.25, 0.3) is 11.6 Å². The molecule has 6 heteroatoms. The number of carbonyl (C=O) groups excluding carboxylic acids is 1. The van der Waals surface area contributed by atoms with Gasteiger partial charge in [-0.1, -0.05) is 36.6 Å². The molecule has 0 unspecified atom stereocenters. The Kier molecular flexibility index (Phi) is 4.41. The number of nitrogens with one attached hydrogen (secondary N) is 1. The molecule has 26 heavy (non-hydrogen) atoms. The van der Waals surface area contributed by atoms with E-state index in [0.717, 1.165) is 25.7 Å². The lowest BCUT2D eigenvalue weighted by Gasteiger charge is -2.23. The van der Waals surface area contributed by atoms with Crippen LogP contribution in [0, 0.1) is 12.7 Å². The number of rotatable bonds is 3. The van der Waals surface area contributed by atoms with Crippen molar-refractivity contribution in [3.8, 4) is 11.3 Å². The highest BCUT2D eigenvalue weighted by Crippen LogP contribution is 2.29. The number of hydrogen-bond acceptors (Lipinski definition) is 4. The van der Waals surface area contributed by atoms with Gasteiger partial charge in [0.2, 0.25) is 0 Å². The molecule has 1 fully saturated rings. The van der Waals surface area contributed by atoms with Crippen molar-refractivity contribution < 1.29 is 13.7 Å².